The van der Waals surface area contributed by atoms with Gasteiger partial charge in [-0.3, -0.25) is 19.7 Å². The summed E-state index contributed by atoms with van der Waals surface area (Å²) in [5, 5.41) is 16.3. The summed E-state index contributed by atoms with van der Waals surface area (Å²) in [7, 11) is 1.30. The van der Waals surface area contributed by atoms with E-state index in [-0.39, 0.29) is 22.9 Å². The van der Waals surface area contributed by atoms with Gasteiger partial charge in [0.1, 0.15) is 17.1 Å². The molecule has 0 fully saturated rings. The number of benzene rings is 3. The fraction of sp³-hybridized carbons (Fsp3) is 0.160. The number of nitro benzene ring substituents is 1. The molecule has 3 aromatic rings. The highest BCUT2D eigenvalue weighted by Gasteiger charge is 2.20. The molecular weight excluding hydrogens is 470 g/mol. The summed E-state index contributed by atoms with van der Waals surface area (Å²) in [6.45, 7) is 1.79. The summed E-state index contributed by atoms with van der Waals surface area (Å²) >= 11 is 0. The van der Waals surface area contributed by atoms with Crippen molar-refractivity contribution in [1.29, 1.82) is 0 Å². The summed E-state index contributed by atoms with van der Waals surface area (Å²) in [5.74, 6) is -1.15. The lowest BCUT2D eigenvalue weighted by atomic mass is 10.2. The van der Waals surface area contributed by atoms with Crippen LogP contribution >= 0.6 is 0 Å². The number of anilines is 2. The Bertz CT molecular complexity index is 1260. The first-order chi connectivity index (χ1) is 17.3. The van der Waals surface area contributed by atoms with Gasteiger partial charge in [-0.05, 0) is 61.5 Å². The molecule has 0 aliphatic heterocycles. The van der Waals surface area contributed by atoms with Gasteiger partial charge in [0, 0.05) is 29.1 Å². The quantitative estimate of drug-likeness (QED) is 0.244. The van der Waals surface area contributed by atoms with Crippen molar-refractivity contribution in [3.63, 3.8) is 0 Å². The van der Waals surface area contributed by atoms with E-state index >= 15 is 0 Å². The number of carbonyl (C=O) groups excluding carboxylic acids is 3. The van der Waals surface area contributed by atoms with Gasteiger partial charge in [-0.15, -0.1) is 0 Å². The number of nitrogens with one attached hydrogen (secondary N) is 2. The molecule has 0 radical (unpaired) electrons. The van der Waals surface area contributed by atoms with E-state index in [9.17, 15) is 24.5 Å². The lowest BCUT2D eigenvalue weighted by molar-refractivity contribution is -0.384. The van der Waals surface area contributed by atoms with Crippen molar-refractivity contribution in [3.05, 3.63) is 88.0 Å². The van der Waals surface area contributed by atoms with Gasteiger partial charge in [-0.2, -0.15) is 0 Å². The van der Waals surface area contributed by atoms with E-state index in [0.717, 1.165) is 6.07 Å². The molecule has 0 saturated heterocycles. The SMILES string of the molecule is CCOc1ccc(NC(=O)c2ccc(NC(=O)COC(=O)c3cc([N+](=O)[O-])ccc3OC)cc2)cc1. The number of hydrogen-bond acceptors (Lipinski definition) is 8. The van der Waals surface area contributed by atoms with Crippen LogP contribution in [0.1, 0.15) is 27.6 Å². The summed E-state index contributed by atoms with van der Waals surface area (Å²) in [6.07, 6.45) is 0. The van der Waals surface area contributed by atoms with Crippen LogP contribution in [0.5, 0.6) is 11.5 Å². The molecule has 0 unspecified atom stereocenters. The third kappa shape index (κ3) is 6.79. The van der Waals surface area contributed by atoms with Gasteiger partial charge in [0.15, 0.2) is 6.61 Å². The van der Waals surface area contributed by atoms with Gasteiger partial charge in [-0.1, -0.05) is 0 Å². The average Bonchev–Trinajstić information content (AvgIpc) is 2.88. The second-order valence-electron chi connectivity index (χ2n) is 7.25. The normalized spacial score (nSPS) is 10.2. The van der Waals surface area contributed by atoms with Crippen molar-refractivity contribution in [1.82, 2.24) is 0 Å². The van der Waals surface area contributed by atoms with Crippen LogP contribution in [0.3, 0.4) is 0 Å². The topological polar surface area (TPSA) is 146 Å². The Hall–Kier alpha value is -4.93. The van der Waals surface area contributed by atoms with Crippen molar-refractivity contribution in [2.75, 3.05) is 31.0 Å². The molecule has 0 aliphatic rings. The molecule has 11 nitrogen and oxygen atoms in total. The van der Waals surface area contributed by atoms with E-state index in [0.29, 0.717) is 29.3 Å². The van der Waals surface area contributed by atoms with Gasteiger partial charge in [0.05, 0.1) is 18.6 Å². The number of rotatable bonds is 10. The lowest BCUT2D eigenvalue weighted by Gasteiger charge is -2.10. The molecule has 3 rings (SSSR count). The van der Waals surface area contributed by atoms with Gasteiger partial charge in [-0.25, -0.2) is 4.79 Å². The highest BCUT2D eigenvalue weighted by Crippen LogP contribution is 2.24. The van der Waals surface area contributed by atoms with Crippen LogP contribution in [0.15, 0.2) is 66.7 Å². The van der Waals surface area contributed by atoms with Crippen LogP contribution in [0, 0.1) is 10.1 Å². The Kier molecular flexibility index (Phi) is 8.54. The number of nitro groups is 1. The van der Waals surface area contributed by atoms with Gasteiger partial charge in [0.25, 0.3) is 17.5 Å². The largest absolute Gasteiger partial charge is 0.496 e. The smallest absolute Gasteiger partial charge is 0.342 e. The van der Waals surface area contributed by atoms with E-state index in [1.165, 1.54) is 43.5 Å². The molecule has 186 valence electrons. The number of esters is 1. The summed E-state index contributed by atoms with van der Waals surface area (Å²) in [6, 6.07) is 16.5. The van der Waals surface area contributed by atoms with Crippen molar-refractivity contribution >= 4 is 34.8 Å². The highest BCUT2D eigenvalue weighted by molar-refractivity contribution is 6.04. The molecular formula is C25H23N3O8. The maximum atomic E-state index is 12.4. The van der Waals surface area contributed by atoms with Crippen LogP contribution in [0.25, 0.3) is 0 Å². The molecule has 0 spiro atoms. The van der Waals surface area contributed by atoms with Crippen LogP contribution < -0.4 is 20.1 Å². The number of amides is 2. The summed E-state index contributed by atoms with van der Waals surface area (Å²) in [4.78, 5) is 47.3. The van der Waals surface area contributed by atoms with E-state index in [2.05, 4.69) is 10.6 Å². The minimum Gasteiger partial charge on any atom is -0.496 e. The second-order valence-corrected chi connectivity index (χ2v) is 7.25. The zero-order valence-electron chi connectivity index (χ0n) is 19.5. The minimum atomic E-state index is -0.952. The zero-order valence-corrected chi connectivity index (χ0v) is 19.5. The summed E-state index contributed by atoms with van der Waals surface area (Å²) in [5.41, 5.74) is 0.844. The van der Waals surface area contributed by atoms with Crippen molar-refractivity contribution in [2.45, 2.75) is 6.92 Å². The van der Waals surface area contributed by atoms with Gasteiger partial charge in [0.2, 0.25) is 0 Å². The molecule has 0 aliphatic carbocycles. The Morgan fingerprint density at radius 2 is 1.56 bits per heavy atom. The van der Waals surface area contributed by atoms with Crippen LogP contribution in [-0.4, -0.2) is 43.0 Å². The molecule has 0 aromatic heterocycles. The molecule has 36 heavy (non-hydrogen) atoms. The maximum absolute atomic E-state index is 12.4. The number of methoxy groups -OCH3 is 1. The number of ether oxygens (including phenoxy) is 3. The van der Waals surface area contributed by atoms with Crippen molar-refractivity contribution in [3.8, 4) is 11.5 Å². The molecule has 0 saturated carbocycles. The third-order valence-corrected chi connectivity index (χ3v) is 4.80. The molecule has 11 heteroatoms. The molecule has 0 bridgehead atoms. The molecule has 3 aromatic carbocycles. The zero-order chi connectivity index (χ0) is 26.1. The van der Waals surface area contributed by atoms with Crippen LogP contribution in [-0.2, 0) is 9.53 Å². The first-order valence-electron chi connectivity index (χ1n) is 10.7. The fourth-order valence-electron chi connectivity index (χ4n) is 3.08. The predicted molar refractivity (Wildman–Crippen MR) is 131 cm³/mol. The fourth-order valence-corrected chi connectivity index (χ4v) is 3.08. The van der Waals surface area contributed by atoms with E-state index in [1.807, 2.05) is 6.92 Å². The molecule has 2 N–H and O–H groups in total. The highest BCUT2D eigenvalue weighted by atomic mass is 16.6. The first kappa shape index (κ1) is 25.7. The predicted octanol–water partition coefficient (Wildman–Crippen LogP) is 4.05. The van der Waals surface area contributed by atoms with Crippen molar-refractivity contribution in [2.24, 2.45) is 0 Å². The molecule has 0 heterocycles. The van der Waals surface area contributed by atoms with Crippen molar-refractivity contribution < 1.29 is 33.5 Å². The first-order valence-corrected chi connectivity index (χ1v) is 10.7. The average molecular weight is 493 g/mol. The lowest BCUT2D eigenvalue weighted by Crippen LogP contribution is -2.21. The Balaban J connectivity index is 1.54. The van der Waals surface area contributed by atoms with Gasteiger partial charge >= 0.3 is 5.97 Å². The number of nitrogens with zero attached hydrogens (tertiary/aromatic N) is 1. The third-order valence-electron chi connectivity index (χ3n) is 4.80. The number of carbonyl (C=O) groups is 3. The second kappa shape index (κ2) is 12.0. The van der Waals surface area contributed by atoms with E-state index in [1.54, 1.807) is 24.3 Å². The Morgan fingerprint density at radius 1 is 0.917 bits per heavy atom. The maximum Gasteiger partial charge on any atom is 0.342 e. The van der Waals surface area contributed by atoms with Crippen LogP contribution in [0.2, 0.25) is 0 Å². The number of hydrogen-bond donors (Lipinski definition) is 2. The van der Waals surface area contributed by atoms with E-state index in [4.69, 9.17) is 14.2 Å². The summed E-state index contributed by atoms with van der Waals surface area (Å²) < 4.78 is 15.4. The Labute approximate surface area is 206 Å². The Morgan fingerprint density at radius 3 is 2.17 bits per heavy atom. The number of non-ortho nitro benzene ring substituents is 1. The van der Waals surface area contributed by atoms with Gasteiger partial charge < -0.3 is 24.8 Å². The molecule has 0 atom stereocenters. The standard InChI is InChI=1S/C25H23N3O8/c1-3-35-20-11-8-18(9-12-20)27-24(30)16-4-6-17(7-5-16)26-23(29)15-36-25(31)21-14-19(28(32)33)10-13-22(21)34-2/h4-14H,3,15H2,1-2H3,(H,26,29)(H,27,30). The minimum absolute atomic E-state index is 0.0742. The molecule has 2 amide bonds. The monoisotopic (exact) mass is 493 g/mol. The van der Waals surface area contributed by atoms with Crippen LogP contribution in [0.4, 0.5) is 17.1 Å². The van der Waals surface area contributed by atoms with E-state index < -0.39 is 23.4 Å².